The Morgan fingerprint density at radius 1 is 1.37 bits per heavy atom. The molecule has 0 spiro atoms. The summed E-state index contributed by atoms with van der Waals surface area (Å²) in [5, 5.41) is 13.2. The molecule has 0 bridgehead atoms. The Labute approximate surface area is 109 Å². The monoisotopic (exact) mass is 261 g/mol. The Kier molecular flexibility index (Phi) is 3.25. The molecule has 2 heterocycles. The van der Waals surface area contributed by atoms with Crippen LogP contribution >= 0.6 is 0 Å². The van der Waals surface area contributed by atoms with Gasteiger partial charge < -0.3 is 9.67 Å². The molecule has 2 rings (SSSR count). The predicted octanol–water partition coefficient (Wildman–Crippen LogP) is 0.945. The highest BCUT2D eigenvalue weighted by molar-refractivity contribution is 5.87. The van der Waals surface area contributed by atoms with Gasteiger partial charge >= 0.3 is 5.97 Å². The number of carboxylic acid groups (broad SMARTS) is 1. The number of aromatic nitrogens is 3. The van der Waals surface area contributed by atoms with Crippen LogP contribution in [0, 0.1) is 13.8 Å². The van der Waals surface area contributed by atoms with Crippen molar-refractivity contribution in [2.75, 3.05) is 0 Å². The van der Waals surface area contributed by atoms with E-state index >= 15 is 0 Å². The first kappa shape index (κ1) is 13.1. The molecule has 0 atom stereocenters. The highest BCUT2D eigenvalue weighted by Gasteiger charge is 2.13. The fraction of sp³-hybridized carbons (Fsp3) is 0.308. The van der Waals surface area contributed by atoms with Crippen molar-refractivity contribution in [3.63, 3.8) is 0 Å². The molecule has 0 amide bonds. The van der Waals surface area contributed by atoms with Gasteiger partial charge in [-0.1, -0.05) is 0 Å². The van der Waals surface area contributed by atoms with Gasteiger partial charge in [0.15, 0.2) is 0 Å². The largest absolute Gasteiger partial charge is 0.477 e. The van der Waals surface area contributed by atoms with Crippen LogP contribution < -0.4 is 5.56 Å². The van der Waals surface area contributed by atoms with Gasteiger partial charge in [0.1, 0.15) is 5.56 Å². The molecule has 0 saturated carbocycles. The van der Waals surface area contributed by atoms with Gasteiger partial charge in [-0.3, -0.25) is 9.48 Å². The second-order valence-electron chi connectivity index (χ2n) is 4.49. The van der Waals surface area contributed by atoms with Gasteiger partial charge in [-0.05, 0) is 32.0 Å². The fourth-order valence-electron chi connectivity index (χ4n) is 2.00. The fourth-order valence-corrected chi connectivity index (χ4v) is 2.00. The lowest BCUT2D eigenvalue weighted by Crippen LogP contribution is -2.28. The first-order valence-corrected chi connectivity index (χ1v) is 5.83. The van der Waals surface area contributed by atoms with Crippen molar-refractivity contribution in [2.24, 2.45) is 7.05 Å². The lowest BCUT2D eigenvalue weighted by Gasteiger charge is -2.10. The van der Waals surface area contributed by atoms with Gasteiger partial charge in [0.25, 0.3) is 5.56 Å². The SMILES string of the molecule is Cc1cc(Cn2c(C)ccc(C(=O)O)c2=O)n(C)n1. The second kappa shape index (κ2) is 4.72. The molecule has 100 valence electrons. The molecule has 6 heteroatoms. The molecule has 0 radical (unpaired) electrons. The minimum atomic E-state index is -1.21. The topological polar surface area (TPSA) is 77.1 Å². The maximum atomic E-state index is 12.1. The van der Waals surface area contributed by atoms with Crippen LogP contribution in [0.4, 0.5) is 0 Å². The Balaban J connectivity index is 2.51. The Hall–Kier alpha value is -2.37. The smallest absolute Gasteiger partial charge is 0.341 e. The van der Waals surface area contributed by atoms with Gasteiger partial charge in [0, 0.05) is 12.7 Å². The van der Waals surface area contributed by atoms with Crippen molar-refractivity contribution >= 4 is 5.97 Å². The minimum Gasteiger partial charge on any atom is -0.477 e. The highest BCUT2D eigenvalue weighted by atomic mass is 16.4. The van der Waals surface area contributed by atoms with Gasteiger partial charge in [-0.2, -0.15) is 5.10 Å². The Bertz CT molecular complexity index is 698. The van der Waals surface area contributed by atoms with E-state index in [1.54, 1.807) is 24.7 Å². The van der Waals surface area contributed by atoms with Crippen LogP contribution in [0.2, 0.25) is 0 Å². The summed E-state index contributed by atoms with van der Waals surface area (Å²) in [6.45, 7) is 3.95. The van der Waals surface area contributed by atoms with Gasteiger partial charge in [-0.25, -0.2) is 4.79 Å². The normalized spacial score (nSPS) is 10.7. The van der Waals surface area contributed by atoms with Crippen LogP contribution in [0.25, 0.3) is 0 Å². The van der Waals surface area contributed by atoms with Crippen molar-refractivity contribution in [1.82, 2.24) is 14.3 Å². The maximum Gasteiger partial charge on any atom is 0.341 e. The zero-order valence-electron chi connectivity index (χ0n) is 11.0. The van der Waals surface area contributed by atoms with E-state index in [-0.39, 0.29) is 5.56 Å². The maximum absolute atomic E-state index is 12.1. The Morgan fingerprint density at radius 3 is 2.58 bits per heavy atom. The van der Waals surface area contributed by atoms with E-state index in [9.17, 15) is 9.59 Å². The number of carbonyl (C=O) groups is 1. The third-order valence-corrected chi connectivity index (χ3v) is 3.04. The van der Waals surface area contributed by atoms with E-state index in [4.69, 9.17) is 5.11 Å². The van der Waals surface area contributed by atoms with Gasteiger partial charge in [0.05, 0.1) is 17.9 Å². The summed E-state index contributed by atoms with van der Waals surface area (Å²) in [6.07, 6.45) is 0. The first-order valence-electron chi connectivity index (χ1n) is 5.83. The molecule has 2 aromatic heterocycles. The minimum absolute atomic E-state index is 0.218. The average Bonchev–Trinajstić information content (AvgIpc) is 2.62. The Morgan fingerprint density at radius 2 is 2.05 bits per heavy atom. The van der Waals surface area contributed by atoms with Gasteiger partial charge in [-0.15, -0.1) is 0 Å². The zero-order chi connectivity index (χ0) is 14.2. The van der Waals surface area contributed by atoms with E-state index in [0.29, 0.717) is 12.2 Å². The molecule has 0 unspecified atom stereocenters. The number of hydrogen-bond donors (Lipinski definition) is 1. The molecule has 0 saturated heterocycles. The van der Waals surface area contributed by atoms with Crippen molar-refractivity contribution in [3.05, 3.63) is 51.2 Å². The lowest BCUT2D eigenvalue weighted by molar-refractivity contribution is 0.0694. The molecule has 6 nitrogen and oxygen atoms in total. The molecule has 1 N–H and O–H groups in total. The van der Waals surface area contributed by atoms with Crippen LogP contribution in [-0.2, 0) is 13.6 Å². The summed E-state index contributed by atoms with van der Waals surface area (Å²) in [5.41, 5.74) is 1.72. The van der Waals surface area contributed by atoms with Crippen LogP contribution in [0.15, 0.2) is 23.0 Å². The number of hydrogen-bond acceptors (Lipinski definition) is 3. The molecule has 0 aromatic carbocycles. The van der Waals surface area contributed by atoms with Crippen LogP contribution in [0.1, 0.15) is 27.4 Å². The summed E-state index contributed by atoms with van der Waals surface area (Å²) >= 11 is 0. The number of nitrogens with zero attached hydrogens (tertiary/aromatic N) is 3. The highest BCUT2D eigenvalue weighted by Crippen LogP contribution is 2.06. The molecule has 19 heavy (non-hydrogen) atoms. The van der Waals surface area contributed by atoms with Crippen molar-refractivity contribution < 1.29 is 9.90 Å². The van der Waals surface area contributed by atoms with Crippen LogP contribution in [-0.4, -0.2) is 25.4 Å². The number of rotatable bonds is 3. The van der Waals surface area contributed by atoms with Crippen molar-refractivity contribution in [2.45, 2.75) is 20.4 Å². The number of aromatic carboxylic acids is 1. The molecule has 0 aliphatic rings. The van der Waals surface area contributed by atoms with Crippen molar-refractivity contribution in [1.29, 1.82) is 0 Å². The molecule has 2 aromatic rings. The van der Waals surface area contributed by atoms with Gasteiger partial charge in [0.2, 0.25) is 0 Å². The number of aryl methyl sites for hydroxylation is 3. The number of pyridine rings is 1. The first-order chi connectivity index (χ1) is 8.90. The zero-order valence-corrected chi connectivity index (χ0v) is 11.0. The molecular weight excluding hydrogens is 246 g/mol. The summed E-state index contributed by atoms with van der Waals surface area (Å²) in [6, 6.07) is 4.85. The van der Waals surface area contributed by atoms with Crippen LogP contribution in [0.5, 0.6) is 0 Å². The number of carboxylic acids is 1. The predicted molar refractivity (Wildman–Crippen MR) is 69.4 cm³/mol. The quantitative estimate of drug-likeness (QED) is 0.892. The molecule has 0 aliphatic carbocycles. The van der Waals surface area contributed by atoms with E-state index in [1.807, 2.05) is 13.0 Å². The summed E-state index contributed by atoms with van der Waals surface area (Å²) < 4.78 is 3.13. The molecule has 0 aliphatic heterocycles. The summed E-state index contributed by atoms with van der Waals surface area (Å²) in [5.74, 6) is -1.21. The third kappa shape index (κ3) is 2.42. The summed E-state index contributed by atoms with van der Waals surface area (Å²) in [7, 11) is 1.80. The lowest BCUT2D eigenvalue weighted by atomic mass is 10.2. The third-order valence-electron chi connectivity index (χ3n) is 3.04. The summed E-state index contributed by atoms with van der Waals surface area (Å²) in [4.78, 5) is 23.1. The van der Waals surface area contributed by atoms with Crippen LogP contribution in [0.3, 0.4) is 0 Å². The second-order valence-corrected chi connectivity index (χ2v) is 4.49. The molecular formula is C13H15N3O3. The molecule has 0 fully saturated rings. The van der Waals surface area contributed by atoms with Crippen molar-refractivity contribution in [3.8, 4) is 0 Å². The van der Waals surface area contributed by atoms with E-state index < -0.39 is 11.5 Å². The van der Waals surface area contributed by atoms with E-state index in [0.717, 1.165) is 11.4 Å². The van der Waals surface area contributed by atoms with E-state index in [2.05, 4.69) is 5.10 Å². The standard InChI is InChI=1S/C13H15N3O3/c1-8-6-10(15(3)14-8)7-16-9(2)4-5-11(12(16)17)13(18)19/h4-6H,7H2,1-3H3,(H,18,19). The average molecular weight is 261 g/mol. The van der Waals surface area contributed by atoms with E-state index in [1.165, 1.54) is 10.6 Å².